The molecule has 0 bridgehead atoms. The number of hydrogen-bond acceptors (Lipinski definition) is 1. The zero-order valence-electron chi connectivity index (χ0n) is 16.4. The average Bonchev–Trinajstić information content (AvgIpc) is 2.92. The summed E-state index contributed by atoms with van der Waals surface area (Å²) in [5, 5.41) is 1.58. The molecule has 0 aromatic heterocycles. The molecule has 0 heterocycles. The highest BCUT2D eigenvalue weighted by atomic mass is 31.1. The molecule has 0 aliphatic heterocycles. The van der Waals surface area contributed by atoms with Gasteiger partial charge in [0.15, 0.2) is 8.32 Å². The largest absolute Gasteiger partial charge is 0.411 e. The van der Waals surface area contributed by atoms with Gasteiger partial charge in [-0.25, -0.2) is 0 Å². The van der Waals surface area contributed by atoms with Crippen molar-refractivity contribution in [2.75, 3.05) is 6.16 Å². The van der Waals surface area contributed by atoms with Crippen molar-refractivity contribution in [3.63, 3.8) is 0 Å². The molecule has 1 aliphatic rings. The van der Waals surface area contributed by atoms with Gasteiger partial charge in [-0.3, -0.25) is 0 Å². The van der Waals surface area contributed by atoms with Crippen LogP contribution in [0.1, 0.15) is 30.0 Å². The van der Waals surface area contributed by atoms with E-state index in [1.54, 1.807) is 5.30 Å². The standard InChI is InChI=1S/C21H33OPSi/c1-16-14-17(2)21(18(3)15-16)23(19(4)22-24(5,6)7)13-12-20-10-8-9-11-20/h8-11,14-15,19-20H,12-13H2,1-7H3. The SMILES string of the molecule is Cc1cc(C)c(P(CCC2C=CC=C2)C(C)O[Si](C)(C)C)c(C)c1. The van der Waals surface area contributed by atoms with E-state index in [4.69, 9.17) is 4.43 Å². The van der Waals surface area contributed by atoms with Crippen molar-refractivity contribution in [2.45, 2.75) is 59.6 Å². The molecule has 0 amide bonds. The Morgan fingerprint density at radius 1 is 1.04 bits per heavy atom. The second kappa shape index (κ2) is 8.12. The fourth-order valence-corrected chi connectivity index (χ4v) is 8.68. The molecule has 0 saturated carbocycles. The van der Waals surface area contributed by atoms with E-state index in [0.29, 0.717) is 11.8 Å². The monoisotopic (exact) mass is 360 g/mol. The van der Waals surface area contributed by atoms with E-state index in [2.05, 4.69) is 83.8 Å². The van der Waals surface area contributed by atoms with E-state index in [-0.39, 0.29) is 7.92 Å². The summed E-state index contributed by atoms with van der Waals surface area (Å²) >= 11 is 0. The lowest BCUT2D eigenvalue weighted by Gasteiger charge is -2.33. The molecule has 0 N–H and O–H groups in total. The Morgan fingerprint density at radius 3 is 2.08 bits per heavy atom. The highest BCUT2D eigenvalue weighted by molar-refractivity contribution is 7.66. The molecule has 1 aromatic carbocycles. The first-order chi connectivity index (χ1) is 11.2. The number of allylic oxidation sites excluding steroid dienone is 4. The van der Waals surface area contributed by atoms with Gasteiger partial charge in [-0.1, -0.05) is 42.0 Å². The Kier molecular flexibility index (Phi) is 6.64. The van der Waals surface area contributed by atoms with Gasteiger partial charge in [-0.05, 0) is 90.2 Å². The molecule has 24 heavy (non-hydrogen) atoms. The van der Waals surface area contributed by atoms with Crippen molar-refractivity contribution in [1.82, 2.24) is 0 Å². The molecule has 1 aromatic rings. The van der Waals surface area contributed by atoms with Crippen LogP contribution in [0, 0.1) is 26.7 Å². The maximum Gasteiger partial charge on any atom is 0.184 e. The van der Waals surface area contributed by atoms with Gasteiger partial charge >= 0.3 is 0 Å². The molecule has 2 unspecified atom stereocenters. The topological polar surface area (TPSA) is 9.23 Å². The van der Waals surface area contributed by atoms with E-state index in [1.165, 1.54) is 29.3 Å². The van der Waals surface area contributed by atoms with E-state index in [1.807, 2.05) is 0 Å². The third-order valence-corrected chi connectivity index (χ3v) is 8.68. The van der Waals surface area contributed by atoms with Crippen LogP contribution in [0.5, 0.6) is 0 Å². The van der Waals surface area contributed by atoms with Crippen LogP contribution in [0.2, 0.25) is 19.6 Å². The van der Waals surface area contributed by atoms with Crippen molar-refractivity contribution in [1.29, 1.82) is 0 Å². The van der Waals surface area contributed by atoms with E-state index in [9.17, 15) is 0 Å². The lowest BCUT2D eigenvalue weighted by molar-refractivity contribution is 0.296. The summed E-state index contributed by atoms with van der Waals surface area (Å²) in [7, 11) is -1.84. The van der Waals surface area contributed by atoms with E-state index in [0.717, 1.165) is 0 Å². The Morgan fingerprint density at radius 2 is 1.58 bits per heavy atom. The first kappa shape index (κ1) is 19.6. The van der Waals surface area contributed by atoms with Gasteiger partial charge in [0, 0.05) is 0 Å². The van der Waals surface area contributed by atoms with Gasteiger partial charge in [0.1, 0.15) is 0 Å². The van der Waals surface area contributed by atoms with E-state index < -0.39 is 8.32 Å². The van der Waals surface area contributed by atoms with Crippen LogP contribution in [-0.4, -0.2) is 20.3 Å². The van der Waals surface area contributed by atoms with Gasteiger partial charge in [0.25, 0.3) is 0 Å². The fourth-order valence-electron chi connectivity index (χ4n) is 3.63. The van der Waals surface area contributed by atoms with Gasteiger partial charge in [0.05, 0.1) is 5.85 Å². The van der Waals surface area contributed by atoms with Crippen LogP contribution in [0.4, 0.5) is 0 Å². The summed E-state index contributed by atoms with van der Waals surface area (Å²) < 4.78 is 6.54. The van der Waals surface area contributed by atoms with Crippen molar-refractivity contribution < 1.29 is 4.43 Å². The second-order valence-electron chi connectivity index (χ2n) is 7.99. The lowest BCUT2D eigenvalue weighted by Crippen LogP contribution is -2.32. The van der Waals surface area contributed by atoms with Crippen molar-refractivity contribution in [3.8, 4) is 0 Å². The highest BCUT2D eigenvalue weighted by Crippen LogP contribution is 2.45. The summed E-state index contributed by atoms with van der Waals surface area (Å²) in [5.41, 5.74) is 4.26. The summed E-state index contributed by atoms with van der Waals surface area (Å²) in [6, 6.07) is 4.68. The molecule has 1 aliphatic carbocycles. The molecule has 132 valence electrons. The molecule has 3 heteroatoms. The van der Waals surface area contributed by atoms with Crippen LogP contribution in [0.25, 0.3) is 0 Å². The van der Waals surface area contributed by atoms with Crippen LogP contribution in [0.15, 0.2) is 36.4 Å². The van der Waals surface area contributed by atoms with Crippen molar-refractivity contribution in [3.05, 3.63) is 53.1 Å². The van der Waals surface area contributed by atoms with Gasteiger partial charge in [-0.15, -0.1) is 0 Å². The van der Waals surface area contributed by atoms with Crippen molar-refractivity contribution in [2.24, 2.45) is 5.92 Å². The highest BCUT2D eigenvalue weighted by Gasteiger charge is 2.28. The number of rotatable bonds is 7. The predicted molar refractivity (Wildman–Crippen MR) is 112 cm³/mol. The molecule has 0 saturated heterocycles. The third-order valence-electron chi connectivity index (χ3n) is 4.42. The van der Waals surface area contributed by atoms with Crippen molar-refractivity contribution >= 4 is 21.5 Å². The summed E-state index contributed by atoms with van der Waals surface area (Å²) in [4.78, 5) is 0. The fraction of sp³-hybridized carbons (Fsp3) is 0.524. The predicted octanol–water partition coefficient (Wildman–Crippen LogP) is 6.05. The maximum atomic E-state index is 6.54. The molecule has 1 nitrogen and oxygen atoms in total. The Labute approximate surface area is 151 Å². The molecular formula is C21H33OPSi. The first-order valence-electron chi connectivity index (χ1n) is 9.04. The minimum absolute atomic E-state index is 0.307. The summed E-state index contributed by atoms with van der Waals surface area (Å²) in [6.45, 7) is 16.0. The van der Waals surface area contributed by atoms with Crippen LogP contribution in [0.3, 0.4) is 0 Å². The van der Waals surface area contributed by atoms with Crippen LogP contribution in [-0.2, 0) is 4.43 Å². The normalized spacial score (nSPS) is 17.5. The van der Waals surface area contributed by atoms with E-state index >= 15 is 0 Å². The zero-order valence-corrected chi connectivity index (χ0v) is 18.3. The first-order valence-corrected chi connectivity index (χ1v) is 14.0. The average molecular weight is 361 g/mol. The minimum atomic E-state index is -1.53. The lowest BCUT2D eigenvalue weighted by atomic mass is 10.1. The smallest absolute Gasteiger partial charge is 0.184 e. The molecule has 0 fully saturated rings. The van der Waals surface area contributed by atoms with Crippen LogP contribution < -0.4 is 5.30 Å². The van der Waals surface area contributed by atoms with Gasteiger partial charge < -0.3 is 4.43 Å². The Bertz CT molecular complexity index is 592. The minimum Gasteiger partial charge on any atom is -0.411 e. The second-order valence-corrected chi connectivity index (χ2v) is 15.0. The van der Waals surface area contributed by atoms with Crippen LogP contribution >= 0.6 is 7.92 Å². The summed E-state index contributed by atoms with van der Waals surface area (Å²) in [6.07, 6.45) is 11.5. The molecule has 0 radical (unpaired) electrons. The quantitative estimate of drug-likeness (QED) is 0.425. The number of hydrogen-bond donors (Lipinski definition) is 0. The summed E-state index contributed by atoms with van der Waals surface area (Å²) in [5.74, 6) is 0.946. The molecule has 2 atom stereocenters. The third kappa shape index (κ3) is 5.41. The number of aryl methyl sites for hydroxylation is 3. The Hall–Kier alpha value is -0.693. The molecular weight excluding hydrogens is 327 g/mol. The molecule has 0 spiro atoms. The molecule has 2 rings (SSSR count). The zero-order chi connectivity index (χ0) is 17.9. The van der Waals surface area contributed by atoms with Gasteiger partial charge in [0.2, 0.25) is 0 Å². The Balaban J connectivity index is 2.27. The number of benzene rings is 1. The van der Waals surface area contributed by atoms with Gasteiger partial charge in [-0.2, -0.15) is 0 Å². The maximum absolute atomic E-state index is 6.54.